The van der Waals surface area contributed by atoms with Gasteiger partial charge in [0.25, 0.3) is 0 Å². The van der Waals surface area contributed by atoms with Crippen LogP contribution in [0, 0.1) is 0 Å². The number of unbranched alkanes of at least 4 members (excludes halogenated alkanes) is 24. The SMILES string of the molecule is CCCCCCCCCCCCCCCN(CCCCCCCCCCCCCCC)C(C)CCC(=O)[O-].[Na+]. The van der Waals surface area contributed by atoms with Gasteiger partial charge in [-0.25, -0.2) is 0 Å². The second kappa shape index (κ2) is 34.6. The first-order valence-corrected chi connectivity index (χ1v) is 17.6. The van der Waals surface area contributed by atoms with E-state index < -0.39 is 5.97 Å². The number of aliphatic carboxylic acids is 1. The Labute approximate surface area is 268 Å². The molecule has 0 saturated carbocycles. The molecule has 0 bridgehead atoms. The van der Waals surface area contributed by atoms with Crippen LogP contribution in [0.15, 0.2) is 0 Å². The summed E-state index contributed by atoms with van der Waals surface area (Å²) in [5.74, 6) is -0.904. The quantitative estimate of drug-likeness (QED) is 0.0637. The number of carbonyl (C=O) groups is 1. The fraction of sp³-hybridized carbons (Fsp3) is 0.971. The van der Waals surface area contributed by atoms with Gasteiger partial charge in [-0.2, -0.15) is 0 Å². The predicted octanol–water partition coefficient (Wildman–Crippen LogP) is 7.39. The molecule has 0 aliphatic heterocycles. The third-order valence-electron chi connectivity index (χ3n) is 8.49. The van der Waals surface area contributed by atoms with Crippen molar-refractivity contribution in [2.75, 3.05) is 13.1 Å². The summed E-state index contributed by atoms with van der Waals surface area (Å²) in [6, 6.07) is 0.350. The minimum absolute atomic E-state index is 0. The number of rotatable bonds is 32. The minimum Gasteiger partial charge on any atom is -0.550 e. The topological polar surface area (TPSA) is 43.4 Å². The van der Waals surface area contributed by atoms with E-state index in [0.29, 0.717) is 6.04 Å². The van der Waals surface area contributed by atoms with Crippen LogP contribution < -0.4 is 34.7 Å². The Morgan fingerprint density at radius 3 is 1.03 bits per heavy atom. The van der Waals surface area contributed by atoms with Crippen LogP contribution in [0.4, 0.5) is 0 Å². The summed E-state index contributed by atoms with van der Waals surface area (Å²) in [5, 5.41) is 11.0. The second-order valence-electron chi connectivity index (χ2n) is 12.3. The molecule has 4 heteroatoms. The second-order valence-corrected chi connectivity index (χ2v) is 12.3. The summed E-state index contributed by atoms with van der Waals surface area (Å²) in [5.41, 5.74) is 0. The number of carboxylic acid groups (broad SMARTS) is 1. The van der Waals surface area contributed by atoms with E-state index in [1.54, 1.807) is 0 Å². The summed E-state index contributed by atoms with van der Waals surface area (Å²) in [7, 11) is 0. The Morgan fingerprint density at radius 1 is 0.513 bits per heavy atom. The molecule has 0 fully saturated rings. The Balaban J connectivity index is 0. The zero-order chi connectivity index (χ0) is 27.9. The maximum Gasteiger partial charge on any atom is 1.00 e. The van der Waals surface area contributed by atoms with Crippen molar-refractivity contribution in [3.8, 4) is 0 Å². The van der Waals surface area contributed by atoms with Crippen molar-refractivity contribution >= 4 is 5.97 Å². The van der Waals surface area contributed by atoms with Crippen LogP contribution in [-0.4, -0.2) is 30.0 Å². The molecule has 1 atom stereocenters. The molecule has 3 nitrogen and oxygen atoms in total. The van der Waals surface area contributed by atoms with Crippen LogP contribution in [0.3, 0.4) is 0 Å². The summed E-state index contributed by atoms with van der Waals surface area (Å²) < 4.78 is 0. The third kappa shape index (κ3) is 32.8. The zero-order valence-corrected chi connectivity index (χ0v) is 29.6. The van der Waals surface area contributed by atoms with Crippen molar-refractivity contribution in [1.82, 2.24) is 4.90 Å². The average molecular weight is 560 g/mol. The Hall–Kier alpha value is 0.430. The van der Waals surface area contributed by atoms with Gasteiger partial charge in [-0.05, 0) is 45.7 Å². The van der Waals surface area contributed by atoms with Crippen molar-refractivity contribution in [3.05, 3.63) is 0 Å². The molecule has 0 heterocycles. The first-order chi connectivity index (χ1) is 18.6. The van der Waals surface area contributed by atoms with Crippen LogP contribution in [0.5, 0.6) is 0 Å². The summed E-state index contributed by atoms with van der Waals surface area (Å²) in [4.78, 5) is 13.5. The molecule has 39 heavy (non-hydrogen) atoms. The molecule has 0 amide bonds. The van der Waals surface area contributed by atoms with Gasteiger partial charge in [0.2, 0.25) is 0 Å². The van der Waals surface area contributed by atoms with E-state index in [9.17, 15) is 9.90 Å². The predicted molar refractivity (Wildman–Crippen MR) is 167 cm³/mol. The molecule has 0 rings (SSSR count). The standard InChI is InChI=1S/C35H71NO2.Na/c1-4-6-8-10-12-14-16-18-20-22-24-26-28-32-36(34(3)30-31-35(37)38)33-29-27-25-23-21-19-17-15-13-11-9-7-5-2;/h34H,4-33H2,1-3H3,(H,37,38);/q;+1/p-1. The molecule has 0 aliphatic rings. The van der Waals surface area contributed by atoms with Gasteiger partial charge in [0.1, 0.15) is 0 Å². The molecule has 0 aromatic carbocycles. The zero-order valence-electron chi connectivity index (χ0n) is 27.6. The monoisotopic (exact) mass is 560 g/mol. The van der Waals surface area contributed by atoms with Crippen molar-refractivity contribution < 1.29 is 39.5 Å². The van der Waals surface area contributed by atoms with Crippen LogP contribution in [0.25, 0.3) is 0 Å². The van der Waals surface area contributed by atoms with Gasteiger partial charge < -0.3 is 14.8 Å². The molecule has 228 valence electrons. The van der Waals surface area contributed by atoms with E-state index in [4.69, 9.17) is 0 Å². The Morgan fingerprint density at radius 2 is 0.769 bits per heavy atom. The third-order valence-corrected chi connectivity index (χ3v) is 8.49. The summed E-state index contributed by atoms with van der Waals surface area (Å²) in [6.45, 7) is 9.05. The number of hydrogen-bond donors (Lipinski definition) is 0. The number of carbonyl (C=O) groups excluding carboxylic acids is 1. The van der Waals surface area contributed by atoms with Gasteiger partial charge in [-0.15, -0.1) is 0 Å². The van der Waals surface area contributed by atoms with E-state index in [-0.39, 0.29) is 36.0 Å². The van der Waals surface area contributed by atoms with Gasteiger partial charge >= 0.3 is 29.6 Å². The summed E-state index contributed by atoms with van der Waals surface area (Å²) >= 11 is 0. The normalized spacial score (nSPS) is 12.1. The summed E-state index contributed by atoms with van der Waals surface area (Å²) in [6.07, 6.45) is 37.0. The van der Waals surface area contributed by atoms with E-state index in [0.717, 1.165) is 19.5 Å². The van der Waals surface area contributed by atoms with E-state index in [1.165, 1.54) is 167 Å². The molecule has 1 unspecified atom stereocenters. The molecular weight excluding hydrogens is 489 g/mol. The molecule has 0 saturated heterocycles. The maximum absolute atomic E-state index is 11.0. The first kappa shape index (κ1) is 41.6. The van der Waals surface area contributed by atoms with Crippen LogP contribution in [0.1, 0.15) is 201 Å². The molecule has 0 spiro atoms. The van der Waals surface area contributed by atoms with Crippen molar-refractivity contribution in [2.24, 2.45) is 0 Å². The van der Waals surface area contributed by atoms with E-state index in [1.807, 2.05) is 0 Å². The van der Waals surface area contributed by atoms with E-state index in [2.05, 4.69) is 25.7 Å². The van der Waals surface area contributed by atoms with E-state index >= 15 is 0 Å². The molecule has 0 aliphatic carbocycles. The molecule has 0 aromatic rings. The maximum atomic E-state index is 11.0. The fourth-order valence-corrected chi connectivity index (χ4v) is 5.73. The largest absolute Gasteiger partial charge is 1.00 e. The Bertz CT molecular complexity index is 444. The number of hydrogen-bond acceptors (Lipinski definition) is 3. The molecule has 0 N–H and O–H groups in total. The van der Waals surface area contributed by atoms with Crippen LogP contribution in [-0.2, 0) is 4.79 Å². The van der Waals surface area contributed by atoms with Crippen LogP contribution >= 0.6 is 0 Å². The molecular formula is C35H70NNaO2. The van der Waals surface area contributed by atoms with Gasteiger partial charge in [0, 0.05) is 12.0 Å². The van der Waals surface area contributed by atoms with Gasteiger partial charge in [-0.3, -0.25) is 0 Å². The van der Waals surface area contributed by atoms with Crippen molar-refractivity contribution in [1.29, 1.82) is 0 Å². The van der Waals surface area contributed by atoms with Gasteiger partial charge in [0.15, 0.2) is 0 Å². The first-order valence-electron chi connectivity index (χ1n) is 17.6. The molecule has 0 aromatic heterocycles. The average Bonchev–Trinajstić information content (AvgIpc) is 2.91. The smallest absolute Gasteiger partial charge is 0.550 e. The molecule has 0 radical (unpaired) electrons. The number of nitrogens with zero attached hydrogens (tertiary/aromatic N) is 1. The number of carboxylic acids is 1. The Kier molecular flexibility index (Phi) is 36.9. The van der Waals surface area contributed by atoms with Crippen molar-refractivity contribution in [2.45, 2.75) is 207 Å². The minimum atomic E-state index is -0.904. The fourth-order valence-electron chi connectivity index (χ4n) is 5.73. The van der Waals surface area contributed by atoms with Gasteiger partial charge in [-0.1, -0.05) is 168 Å². The van der Waals surface area contributed by atoms with Gasteiger partial charge in [0.05, 0.1) is 0 Å². The van der Waals surface area contributed by atoms with Crippen LogP contribution in [0.2, 0.25) is 0 Å². The van der Waals surface area contributed by atoms with Crippen molar-refractivity contribution in [3.63, 3.8) is 0 Å².